The molecule has 0 aliphatic heterocycles. The van der Waals surface area contributed by atoms with Gasteiger partial charge in [-0.05, 0) is 113 Å². The number of benzene rings is 8. The van der Waals surface area contributed by atoms with Gasteiger partial charge in [-0.3, -0.25) is 0 Å². The van der Waals surface area contributed by atoms with Crippen LogP contribution in [-0.4, -0.2) is 0 Å². The first kappa shape index (κ1) is 26.0. The van der Waals surface area contributed by atoms with Crippen molar-refractivity contribution in [2.75, 3.05) is 0 Å². The lowest BCUT2D eigenvalue weighted by Crippen LogP contribution is -2.14. The van der Waals surface area contributed by atoms with Crippen LogP contribution in [-0.2, 0) is 5.41 Å². The molecule has 46 heavy (non-hydrogen) atoms. The van der Waals surface area contributed by atoms with Crippen LogP contribution in [0.15, 0.2) is 146 Å². The van der Waals surface area contributed by atoms with Gasteiger partial charge in [0.1, 0.15) is 0 Å². The summed E-state index contributed by atoms with van der Waals surface area (Å²) in [6, 6.07) is 54.6. The zero-order chi connectivity index (χ0) is 30.6. The third-order valence-corrected chi connectivity index (χ3v) is 11.6. The Labute approximate surface area is 272 Å². The average Bonchev–Trinajstić information content (AvgIpc) is 3.60. The smallest absolute Gasteiger partial charge is 0.0361 e. The van der Waals surface area contributed by atoms with Crippen molar-refractivity contribution < 1.29 is 0 Å². The molecule has 216 valence electrons. The Morgan fingerprint density at radius 3 is 1.85 bits per heavy atom. The molecule has 0 bridgehead atoms. The Bertz CT molecular complexity index is 2720. The van der Waals surface area contributed by atoms with Crippen LogP contribution < -0.4 is 0 Å². The number of hydrogen-bond donors (Lipinski definition) is 0. The number of hydrogen-bond acceptors (Lipinski definition) is 1. The summed E-state index contributed by atoms with van der Waals surface area (Å²) in [5, 5.41) is 10.6. The van der Waals surface area contributed by atoms with Gasteiger partial charge in [0.15, 0.2) is 0 Å². The van der Waals surface area contributed by atoms with Gasteiger partial charge in [-0.15, -0.1) is 11.3 Å². The standard InChI is InChI=1S/C45H30S/c1-45(2)40-18-7-5-15-34(40)39-25-37-32-14-4-3-13-31(32)36-24-28(21-22-33(36)38(37)26-41(39)45)27-11-9-12-29(23-27)30-17-10-20-43-44(30)35-16-6-8-19-42(35)46-43/h3-26H,1-2H3. The largest absolute Gasteiger partial charge is 0.135 e. The first-order valence-electron chi connectivity index (χ1n) is 16.1. The van der Waals surface area contributed by atoms with E-state index in [2.05, 4.69) is 159 Å². The fraction of sp³-hybridized carbons (Fsp3) is 0.0667. The molecule has 0 nitrogen and oxygen atoms in total. The molecule has 1 heteroatoms. The highest BCUT2D eigenvalue weighted by Crippen LogP contribution is 2.51. The highest BCUT2D eigenvalue weighted by Gasteiger charge is 2.35. The highest BCUT2D eigenvalue weighted by atomic mass is 32.1. The molecule has 1 aromatic heterocycles. The molecule has 0 unspecified atom stereocenters. The summed E-state index contributed by atoms with van der Waals surface area (Å²) < 4.78 is 2.68. The third-order valence-electron chi connectivity index (χ3n) is 10.4. The SMILES string of the molecule is CC1(C)c2ccccc2-c2cc3c4ccccc4c4cc(-c5cccc(-c6cccc7sc8ccccc8c67)c5)ccc4c3cc21. The Kier molecular flexibility index (Phi) is 5.31. The molecular formula is C45H30S. The van der Waals surface area contributed by atoms with E-state index in [-0.39, 0.29) is 5.41 Å². The minimum absolute atomic E-state index is 0.0326. The highest BCUT2D eigenvalue weighted by molar-refractivity contribution is 7.25. The van der Waals surface area contributed by atoms with E-state index in [1.165, 1.54) is 97.0 Å². The predicted molar refractivity (Wildman–Crippen MR) is 200 cm³/mol. The summed E-state index contributed by atoms with van der Waals surface area (Å²) in [6.07, 6.45) is 0. The minimum Gasteiger partial charge on any atom is -0.135 e. The van der Waals surface area contributed by atoms with Crippen LogP contribution in [0.1, 0.15) is 25.0 Å². The maximum atomic E-state index is 2.49. The Morgan fingerprint density at radius 1 is 0.370 bits per heavy atom. The van der Waals surface area contributed by atoms with Crippen molar-refractivity contribution in [2.45, 2.75) is 19.3 Å². The van der Waals surface area contributed by atoms with Crippen LogP contribution in [0.3, 0.4) is 0 Å². The molecule has 0 radical (unpaired) electrons. The van der Waals surface area contributed by atoms with Crippen LogP contribution >= 0.6 is 11.3 Å². The van der Waals surface area contributed by atoms with Crippen LogP contribution in [0.4, 0.5) is 0 Å². The van der Waals surface area contributed by atoms with E-state index in [1.54, 1.807) is 0 Å². The summed E-state index contributed by atoms with van der Waals surface area (Å²) in [5.74, 6) is 0. The van der Waals surface area contributed by atoms with Gasteiger partial charge >= 0.3 is 0 Å². The minimum atomic E-state index is -0.0326. The quantitative estimate of drug-likeness (QED) is 0.173. The molecule has 1 aliphatic rings. The van der Waals surface area contributed by atoms with Gasteiger partial charge in [-0.1, -0.05) is 123 Å². The molecule has 0 saturated heterocycles. The van der Waals surface area contributed by atoms with Gasteiger partial charge in [0.05, 0.1) is 0 Å². The van der Waals surface area contributed by atoms with Gasteiger partial charge in [0.2, 0.25) is 0 Å². The lowest BCUT2D eigenvalue weighted by Gasteiger charge is -2.22. The average molecular weight is 603 g/mol. The second-order valence-corrected chi connectivity index (χ2v) is 14.4. The zero-order valence-corrected chi connectivity index (χ0v) is 26.6. The van der Waals surface area contributed by atoms with Gasteiger partial charge < -0.3 is 0 Å². The van der Waals surface area contributed by atoms with Crippen LogP contribution in [0.5, 0.6) is 0 Å². The van der Waals surface area contributed by atoms with E-state index in [9.17, 15) is 0 Å². The van der Waals surface area contributed by atoms with Crippen molar-refractivity contribution >= 4 is 63.8 Å². The number of fused-ring (bicyclic) bond motifs is 12. The molecule has 0 fully saturated rings. The zero-order valence-electron chi connectivity index (χ0n) is 25.8. The van der Waals surface area contributed by atoms with E-state index in [4.69, 9.17) is 0 Å². The summed E-state index contributed by atoms with van der Waals surface area (Å²) in [6.45, 7) is 4.74. The first-order valence-corrected chi connectivity index (χ1v) is 16.9. The van der Waals surface area contributed by atoms with E-state index in [1.807, 2.05) is 11.3 Å². The van der Waals surface area contributed by atoms with Crippen LogP contribution in [0, 0.1) is 0 Å². The Morgan fingerprint density at radius 2 is 0.978 bits per heavy atom. The lowest BCUT2D eigenvalue weighted by molar-refractivity contribution is 0.661. The molecule has 9 aromatic rings. The van der Waals surface area contributed by atoms with Gasteiger partial charge in [0, 0.05) is 25.6 Å². The molecule has 8 aromatic carbocycles. The molecule has 10 rings (SSSR count). The summed E-state index contributed by atoms with van der Waals surface area (Å²) in [5.41, 5.74) is 10.6. The second kappa shape index (κ2) is 9.39. The summed E-state index contributed by atoms with van der Waals surface area (Å²) >= 11 is 1.88. The second-order valence-electron chi connectivity index (χ2n) is 13.3. The topological polar surface area (TPSA) is 0 Å². The van der Waals surface area contributed by atoms with E-state index >= 15 is 0 Å². The predicted octanol–water partition coefficient (Wildman–Crippen LogP) is 13.2. The molecule has 0 amide bonds. The van der Waals surface area contributed by atoms with Crippen molar-refractivity contribution in [1.82, 2.24) is 0 Å². The van der Waals surface area contributed by atoms with Crippen LogP contribution in [0.25, 0.3) is 85.9 Å². The summed E-state index contributed by atoms with van der Waals surface area (Å²) in [4.78, 5) is 0. The molecule has 0 saturated carbocycles. The molecule has 1 aliphatic carbocycles. The van der Waals surface area contributed by atoms with Crippen molar-refractivity contribution in [3.8, 4) is 33.4 Å². The molecule has 0 spiro atoms. The van der Waals surface area contributed by atoms with E-state index in [0.717, 1.165) is 0 Å². The van der Waals surface area contributed by atoms with E-state index < -0.39 is 0 Å². The fourth-order valence-electron chi connectivity index (χ4n) is 8.21. The molecule has 0 N–H and O–H groups in total. The fourth-order valence-corrected chi connectivity index (χ4v) is 9.34. The van der Waals surface area contributed by atoms with Gasteiger partial charge in [-0.2, -0.15) is 0 Å². The van der Waals surface area contributed by atoms with Gasteiger partial charge in [0.25, 0.3) is 0 Å². The Balaban J connectivity index is 1.19. The third kappa shape index (κ3) is 3.55. The van der Waals surface area contributed by atoms with Crippen LogP contribution in [0.2, 0.25) is 0 Å². The molecule has 1 heterocycles. The monoisotopic (exact) mass is 602 g/mol. The van der Waals surface area contributed by atoms with Gasteiger partial charge in [-0.25, -0.2) is 0 Å². The van der Waals surface area contributed by atoms with Crippen molar-refractivity contribution in [1.29, 1.82) is 0 Å². The number of thiophene rings is 1. The van der Waals surface area contributed by atoms with Crippen molar-refractivity contribution in [3.63, 3.8) is 0 Å². The van der Waals surface area contributed by atoms with E-state index in [0.29, 0.717) is 0 Å². The van der Waals surface area contributed by atoms with Crippen molar-refractivity contribution in [3.05, 3.63) is 157 Å². The maximum absolute atomic E-state index is 2.49. The lowest BCUT2D eigenvalue weighted by atomic mass is 9.81. The molecular weight excluding hydrogens is 573 g/mol. The first-order chi connectivity index (χ1) is 22.6. The normalized spacial score (nSPS) is 13.6. The Hall–Kier alpha value is -5.24. The molecule has 0 atom stereocenters. The number of rotatable bonds is 2. The van der Waals surface area contributed by atoms with Crippen molar-refractivity contribution in [2.24, 2.45) is 0 Å². The summed E-state index contributed by atoms with van der Waals surface area (Å²) in [7, 11) is 0. The maximum Gasteiger partial charge on any atom is 0.0361 e.